The van der Waals surface area contributed by atoms with Gasteiger partial charge < -0.3 is 10.6 Å². The van der Waals surface area contributed by atoms with Gasteiger partial charge in [-0.3, -0.25) is 9.59 Å². The van der Waals surface area contributed by atoms with Crippen molar-refractivity contribution in [1.29, 1.82) is 0 Å². The molecule has 0 saturated carbocycles. The van der Waals surface area contributed by atoms with Crippen molar-refractivity contribution < 1.29 is 9.59 Å². The molecule has 0 saturated heterocycles. The molecular weight excluding hydrogens is 513 g/mol. The molecule has 1 aromatic heterocycles. The molecule has 1 aliphatic heterocycles. The van der Waals surface area contributed by atoms with E-state index >= 15 is 0 Å². The van der Waals surface area contributed by atoms with Gasteiger partial charge in [-0.15, -0.1) is 0 Å². The molecule has 0 aliphatic carbocycles. The lowest BCUT2D eigenvalue weighted by Gasteiger charge is -2.23. The van der Waals surface area contributed by atoms with Crippen molar-refractivity contribution in [3.05, 3.63) is 51.1 Å². The van der Waals surface area contributed by atoms with Crippen LogP contribution in [0.4, 0.5) is 11.5 Å². The standard InChI is InChI=1S/C18H16Br2ClN5O2/c1-9-6-10(19)7-11(17(27)22-2)15(9)24-18(28)13-8-14(20)25-26(13)16-12(21)4-3-5-23-16/h3-7,13H,8H2,1-2H3,(H,22,27)(H,24,28). The Bertz CT molecular complexity index is 982. The molecule has 7 nitrogen and oxygen atoms in total. The van der Waals surface area contributed by atoms with Gasteiger partial charge in [0.1, 0.15) is 10.7 Å². The lowest BCUT2D eigenvalue weighted by Crippen LogP contribution is -2.39. The number of anilines is 2. The minimum atomic E-state index is -0.664. The monoisotopic (exact) mass is 527 g/mol. The van der Waals surface area contributed by atoms with Crippen molar-refractivity contribution in [2.45, 2.75) is 19.4 Å². The zero-order chi connectivity index (χ0) is 20.4. The first kappa shape index (κ1) is 20.8. The third kappa shape index (κ3) is 4.21. The second-order valence-corrected chi connectivity index (χ2v) is 8.30. The Labute approximate surface area is 183 Å². The number of halogens is 3. The molecule has 0 bridgehead atoms. The number of hydrogen-bond acceptors (Lipinski definition) is 5. The largest absolute Gasteiger partial charge is 0.355 e. The van der Waals surface area contributed by atoms with Gasteiger partial charge in [0.25, 0.3) is 5.91 Å². The van der Waals surface area contributed by atoms with Crippen LogP contribution in [-0.4, -0.2) is 34.5 Å². The number of amides is 2. The summed E-state index contributed by atoms with van der Waals surface area (Å²) >= 11 is 13.0. The van der Waals surface area contributed by atoms with Crippen LogP contribution >= 0.6 is 43.5 Å². The molecule has 1 atom stereocenters. The molecule has 1 unspecified atom stereocenters. The van der Waals surface area contributed by atoms with Gasteiger partial charge >= 0.3 is 0 Å². The summed E-state index contributed by atoms with van der Waals surface area (Å²) in [5.41, 5.74) is 1.56. The first-order chi connectivity index (χ1) is 13.3. The van der Waals surface area contributed by atoms with Crippen LogP contribution < -0.4 is 15.6 Å². The summed E-state index contributed by atoms with van der Waals surface area (Å²) < 4.78 is 1.35. The van der Waals surface area contributed by atoms with Crippen molar-refractivity contribution in [1.82, 2.24) is 10.3 Å². The highest BCUT2D eigenvalue weighted by Gasteiger charge is 2.35. The van der Waals surface area contributed by atoms with E-state index < -0.39 is 6.04 Å². The topological polar surface area (TPSA) is 86.7 Å². The Kier molecular flexibility index (Phi) is 6.36. The predicted molar refractivity (Wildman–Crippen MR) is 117 cm³/mol. The van der Waals surface area contributed by atoms with Gasteiger partial charge in [0.2, 0.25) is 5.91 Å². The quantitative estimate of drug-likeness (QED) is 0.625. The van der Waals surface area contributed by atoms with Gasteiger partial charge in [0, 0.05) is 24.1 Å². The summed E-state index contributed by atoms with van der Waals surface area (Å²) in [7, 11) is 1.54. The van der Waals surface area contributed by atoms with E-state index in [2.05, 4.69) is 52.6 Å². The lowest BCUT2D eigenvalue weighted by atomic mass is 10.1. The maximum Gasteiger partial charge on any atom is 0.253 e. The number of nitrogens with one attached hydrogen (secondary N) is 2. The average Bonchev–Trinajstić information content (AvgIpc) is 3.05. The Balaban J connectivity index is 1.93. The third-order valence-electron chi connectivity index (χ3n) is 4.15. The molecule has 10 heteroatoms. The van der Waals surface area contributed by atoms with Crippen molar-refractivity contribution in [3.63, 3.8) is 0 Å². The summed E-state index contributed by atoms with van der Waals surface area (Å²) in [5, 5.41) is 11.7. The zero-order valence-corrected chi connectivity index (χ0v) is 18.9. The van der Waals surface area contributed by atoms with E-state index in [1.165, 1.54) is 12.1 Å². The molecule has 0 fully saturated rings. The molecule has 0 spiro atoms. The molecule has 3 rings (SSSR count). The molecule has 2 amide bonds. The number of carbonyl (C=O) groups is 2. The van der Waals surface area contributed by atoms with Crippen LogP contribution in [0.1, 0.15) is 22.3 Å². The van der Waals surface area contributed by atoms with E-state index in [1.807, 2.05) is 13.0 Å². The number of nitrogens with zero attached hydrogens (tertiary/aromatic N) is 3. The number of rotatable bonds is 4. The van der Waals surface area contributed by atoms with Crippen LogP contribution in [0, 0.1) is 6.92 Å². The Hall–Kier alpha value is -1.97. The molecule has 28 heavy (non-hydrogen) atoms. The van der Waals surface area contributed by atoms with E-state index in [0.29, 0.717) is 33.1 Å². The summed E-state index contributed by atoms with van der Waals surface area (Å²) in [4.78, 5) is 29.6. The van der Waals surface area contributed by atoms with Crippen LogP contribution in [0.5, 0.6) is 0 Å². The van der Waals surface area contributed by atoms with Crippen molar-refractivity contribution in [2.24, 2.45) is 5.10 Å². The fourth-order valence-electron chi connectivity index (χ4n) is 2.85. The number of hydrogen-bond donors (Lipinski definition) is 2. The van der Waals surface area contributed by atoms with Gasteiger partial charge in [0.05, 0.1) is 16.3 Å². The van der Waals surface area contributed by atoms with Gasteiger partial charge in [-0.2, -0.15) is 5.10 Å². The minimum absolute atomic E-state index is 0.298. The fourth-order valence-corrected chi connectivity index (χ4v) is 4.11. The Morgan fingerprint density at radius 1 is 1.32 bits per heavy atom. The number of hydrazone groups is 1. The van der Waals surface area contributed by atoms with Crippen LogP contribution in [0.25, 0.3) is 0 Å². The van der Waals surface area contributed by atoms with Gasteiger partial charge in [0.15, 0.2) is 5.82 Å². The maximum absolute atomic E-state index is 13.1. The highest BCUT2D eigenvalue weighted by atomic mass is 79.9. The molecule has 1 aliphatic rings. The molecule has 146 valence electrons. The molecule has 1 aromatic carbocycles. The van der Waals surface area contributed by atoms with Crippen LogP contribution in [0.15, 0.2) is 40.0 Å². The first-order valence-corrected chi connectivity index (χ1v) is 10.2. The summed E-state index contributed by atoms with van der Waals surface area (Å²) in [5.74, 6) is -0.235. The Morgan fingerprint density at radius 2 is 2.07 bits per heavy atom. The number of benzene rings is 1. The zero-order valence-electron chi connectivity index (χ0n) is 15.0. The maximum atomic E-state index is 13.1. The van der Waals surface area contributed by atoms with Crippen molar-refractivity contribution in [2.75, 3.05) is 17.4 Å². The second kappa shape index (κ2) is 8.59. The van der Waals surface area contributed by atoms with Crippen molar-refractivity contribution in [3.8, 4) is 0 Å². The highest BCUT2D eigenvalue weighted by Crippen LogP contribution is 2.32. The van der Waals surface area contributed by atoms with E-state index in [1.54, 1.807) is 24.4 Å². The number of carbonyl (C=O) groups excluding carboxylic acids is 2. The lowest BCUT2D eigenvalue weighted by molar-refractivity contribution is -0.117. The smallest absolute Gasteiger partial charge is 0.253 e. The average molecular weight is 530 g/mol. The van der Waals surface area contributed by atoms with E-state index in [4.69, 9.17) is 11.6 Å². The van der Waals surface area contributed by atoms with Crippen LogP contribution in [0.2, 0.25) is 5.02 Å². The van der Waals surface area contributed by atoms with Gasteiger partial charge in [-0.25, -0.2) is 9.99 Å². The molecule has 2 heterocycles. The SMILES string of the molecule is CNC(=O)c1cc(Br)cc(C)c1NC(=O)C1CC(Br)=NN1c1ncccc1Cl. The number of aromatic nitrogens is 1. The molecule has 0 radical (unpaired) electrons. The number of aryl methyl sites for hydroxylation is 1. The molecule has 2 aromatic rings. The van der Waals surface area contributed by atoms with Crippen LogP contribution in [0.3, 0.4) is 0 Å². The summed E-state index contributed by atoms with van der Waals surface area (Å²) in [6, 6.07) is 6.22. The minimum Gasteiger partial charge on any atom is -0.355 e. The predicted octanol–water partition coefficient (Wildman–Crippen LogP) is 4.09. The van der Waals surface area contributed by atoms with E-state index in [9.17, 15) is 9.59 Å². The van der Waals surface area contributed by atoms with Crippen LogP contribution in [-0.2, 0) is 4.79 Å². The first-order valence-electron chi connectivity index (χ1n) is 8.27. The summed E-state index contributed by atoms with van der Waals surface area (Å²) in [6.45, 7) is 1.82. The highest BCUT2D eigenvalue weighted by molar-refractivity contribution is 9.18. The fraction of sp³-hybridized carbons (Fsp3) is 0.222. The molecular formula is C18H16Br2ClN5O2. The normalized spacial score (nSPS) is 16.0. The number of pyridine rings is 1. The van der Waals surface area contributed by atoms with E-state index in [-0.39, 0.29) is 11.8 Å². The Morgan fingerprint density at radius 3 is 2.75 bits per heavy atom. The second-order valence-electron chi connectivity index (χ2n) is 6.06. The van der Waals surface area contributed by atoms with Gasteiger partial charge in [-0.05, 0) is 52.7 Å². The van der Waals surface area contributed by atoms with Gasteiger partial charge in [-0.1, -0.05) is 27.5 Å². The van der Waals surface area contributed by atoms with Crippen molar-refractivity contribution >= 4 is 71.4 Å². The molecule has 2 N–H and O–H groups in total. The van der Waals surface area contributed by atoms with E-state index in [0.717, 1.165) is 10.0 Å². The third-order valence-corrected chi connectivity index (χ3v) is 5.39. The summed E-state index contributed by atoms with van der Waals surface area (Å²) in [6.07, 6.45) is 1.93.